The van der Waals surface area contributed by atoms with Gasteiger partial charge in [-0.15, -0.1) is 12.4 Å². The fourth-order valence-corrected chi connectivity index (χ4v) is 1.78. The molecule has 1 atom stereocenters. The average molecular weight is 297 g/mol. The van der Waals surface area contributed by atoms with E-state index in [1.54, 1.807) is 7.11 Å². The molecule has 0 radical (unpaired) electrons. The lowest BCUT2D eigenvalue weighted by Gasteiger charge is -2.12. The maximum absolute atomic E-state index is 8.75. The Balaban J connectivity index is 0.00000196. The highest BCUT2D eigenvalue weighted by Crippen LogP contribution is 2.28. The van der Waals surface area contributed by atoms with E-state index >= 15 is 0 Å². The number of hydrogen-bond acceptors (Lipinski definition) is 3. The Morgan fingerprint density at radius 2 is 2.20 bits per heavy atom. The van der Waals surface area contributed by atoms with Gasteiger partial charge in [0.1, 0.15) is 5.75 Å². The summed E-state index contributed by atoms with van der Waals surface area (Å²) in [6.07, 6.45) is 0.568. The average Bonchev–Trinajstić information content (AvgIpc) is 2.18. The third-order valence-electron chi connectivity index (χ3n) is 2.04. The summed E-state index contributed by atoms with van der Waals surface area (Å²) < 4.78 is 5.98. The first-order chi connectivity index (χ1) is 6.69. The summed E-state index contributed by atoms with van der Waals surface area (Å²) in [5, 5.41) is 8.75. The van der Waals surface area contributed by atoms with Gasteiger partial charge in [0.05, 0.1) is 11.6 Å². The first-order valence-electron chi connectivity index (χ1n) is 4.39. The second-order valence-corrected chi connectivity index (χ2v) is 3.87. The number of halogens is 2. The highest BCUT2D eigenvalue weighted by molar-refractivity contribution is 9.10. The van der Waals surface area contributed by atoms with E-state index in [-0.39, 0.29) is 25.1 Å². The van der Waals surface area contributed by atoms with E-state index in [0.29, 0.717) is 6.42 Å². The molecule has 86 valence electrons. The third-order valence-corrected chi connectivity index (χ3v) is 2.66. The molecule has 0 spiro atoms. The van der Waals surface area contributed by atoms with Crippen LogP contribution < -0.4 is 10.5 Å². The smallest absolute Gasteiger partial charge is 0.133 e. The fourth-order valence-electron chi connectivity index (χ4n) is 1.22. The van der Waals surface area contributed by atoms with Gasteiger partial charge < -0.3 is 15.6 Å². The number of nitrogens with two attached hydrogens (primary N) is 1. The number of hydrogen-bond donors (Lipinski definition) is 2. The predicted octanol–water partition coefficient (Wildman–Crippen LogP) is 2.26. The van der Waals surface area contributed by atoms with Crippen LogP contribution in [0.15, 0.2) is 22.7 Å². The van der Waals surface area contributed by atoms with Crippen LogP contribution in [0, 0.1) is 0 Å². The van der Waals surface area contributed by atoms with E-state index in [9.17, 15) is 0 Å². The summed E-state index contributed by atoms with van der Waals surface area (Å²) in [6.45, 7) is 0.102. The van der Waals surface area contributed by atoms with Crippen molar-refractivity contribution in [2.75, 3.05) is 13.7 Å². The molecule has 0 saturated carbocycles. The van der Waals surface area contributed by atoms with Crippen LogP contribution in [0.2, 0.25) is 0 Å². The second kappa shape index (κ2) is 7.06. The minimum atomic E-state index is -0.123. The highest BCUT2D eigenvalue weighted by Gasteiger charge is 2.07. The van der Waals surface area contributed by atoms with Crippen molar-refractivity contribution in [2.45, 2.75) is 12.5 Å². The Bertz CT molecular complexity index is 309. The first-order valence-corrected chi connectivity index (χ1v) is 5.18. The van der Waals surface area contributed by atoms with Crippen LogP contribution in [0.1, 0.15) is 18.0 Å². The Hall–Kier alpha value is -0.290. The maximum Gasteiger partial charge on any atom is 0.133 e. The fraction of sp³-hybridized carbons (Fsp3) is 0.400. The highest BCUT2D eigenvalue weighted by atomic mass is 79.9. The van der Waals surface area contributed by atoms with E-state index in [1.807, 2.05) is 18.2 Å². The minimum absolute atomic E-state index is 0. The van der Waals surface area contributed by atoms with Crippen LogP contribution >= 0.6 is 28.3 Å². The molecule has 0 aliphatic carbocycles. The topological polar surface area (TPSA) is 55.5 Å². The van der Waals surface area contributed by atoms with E-state index in [0.717, 1.165) is 15.8 Å². The van der Waals surface area contributed by atoms with Crippen molar-refractivity contribution >= 4 is 28.3 Å². The monoisotopic (exact) mass is 295 g/mol. The summed E-state index contributed by atoms with van der Waals surface area (Å²) in [4.78, 5) is 0. The van der Waals surface area contributed by atoms with Gasteiger partial charge in [0.2, 0.25) is 0 Å². The molecule has 15 heavy (non-hydrogen) atoms. The van der Waals surface area contributed by atoms with Crippen LogP contribution in [0.4, 0.5) is 0 Å². The molecular formula is C10H15BrClNO2. The lowest BCUT2D eigenvalue weighted by atomic mass is 10.1. The molecule has 0 aromatic heterocycles. The molecule has 5 heteroatoms. The van der Waals surface area contributed by atoms with E-state index in [1.165, 1.54) is 0 Å². The van der Waals surface area contributed by atoms with Gasteiger partial charge in [-0.05, 0) is 40.0 Å². The molecule has 1 aromatic carbocycles. The molecule has 0 aliphatic heterocycles. The van der Waals surface area contributed by atoms with Gasteiger partial charge in [-0.2, -0.15) is 0 Å². The molecule has 0 unspecified atom stereocenters. The molecular weight excluding hydrogens is 281 g/mol. The molecule has 3 nitrogen and oxygen atoms in total. The van der Waals surface area contributed by atoms with Crippen molar-refractivity contribution < 1.29 is 9.84 Å². The third kappa shape index (κ3) is 3.99. The standard InChI is InChI=1S/C10H14BrNO2.ClH/c1-14-10-3-2-7(6-8(10)11)9(12)4-5-13;/h2-3,6,9,13H,4-5,12H2,1H3;1H/t9-;/m1./s1. The summed E-state index contributed by atoms with van der Waals surface area (Å²) in [6, 6.07) is 5.56. The molecule has 0 fully saturated rings. The molecule has 0 saturated heterocycles. The Morgan fingerprint density at radius 1 is 1.53 bits per heavy atom. The number of aliphatic hydroxyl groups excluding tert-OH is 1. The van der Waals surface area contributed by atoms with Crippen LogP contribution in [-0.4, -0.2) is 18.8 Å². The summed E-state index contributed by atoms with van der Waals surface area (Å²) in [5.41, 5.74) is 6.84. The first kappa shape index (κ1) is 14.7. The normalized spacial score (nSPS) is 11.7. The zero-order valence-electron chi connectivity index (χ0n) is 8.44. The lowest BCUT2D eigenvalue weighted by Crippen LogP contribution is -2.11. The molecule has 0 aliphatic rings. The van der Waals surface area contributed by atoms with Gasteiger partial charge in [0.15, 0.2) is 0 Å². The van der Waals surface area contributed by atoms with Crippen LogP contribution in [0.5, 0.6) is 5.75 Å². The van der Waals surface area contributed by atoms with Gasteiger partial charge in [-0.1, -0.05) is 6.07 Å². The van der Waals surface area contributed by atoms with E-state index in [4.69, 9.17) is 15.6 Å². The van der Waals surface area contributed by atoms with Crippen molar-refractivity contribution in [3.05, 3.63) is 28.2 Å². The van der Waals surface area contributed by atoms with Crippen LogP contribution in [-0.2, 0) is 0 Å². The largest absolute Gasteiger partial charge is 0.496 e. The SMILES string of the molecule is COc1ccc([C@H](N)CCO)cc1Br.Cl. The molecule has 1 aromatic rings. The number of aliphatic hydroxyl groups is 1. The van der Waals surface area contributed by atoms with Crippen molar-refractivity contribution in [3.63, 3.8) is 0 Å². The Kier molecular flexibility index (Phi) is 6.92. The zero-order chi connectivity index (χ0) is 10.6. The van der Waals surface area contributed by atoms with Crippen molar-refractivity contribution in [1.82, 2.24) is 0 Å². The zero-order valence-corrected chi connectivity index (χ0v) is 10.8. The maximum atomic E-state index is 8.75. The van der Waals surface area contributed by atoms with Crippen molar-refractivity contribution in [1.29, 1.82) is 0 Å². The second-order valence-electron chi connectivity index (χ2n) is 3.01. The van der Waals surface area contributed by atoms with Crippen molar-refractivity contribution in [3.8, 4) is 5.75 Å². The quantitative estimate of drug-likeness (QED) is 0.896. The van der Waals surface area contributed by atoms with Gasteiger partial charge in [0.25, 0.3) is 0 Å². The van der Waals surface area contributed by atoms with E-state index < -0.39 is 0 Å². The van der Waals surface area contributed by atoms with Gasteiger partial charge in [-0.3, -0.25) is 0 Å². The van der Waals surface area contributed by atoms with Crippen molar-refractivity contribution in [2.24, 2.45) is 5.73 Å². The van der Waals surface area contributed by atoms with Gasteiger partial charge in [-0.25, -0.2) is 0 Å². The molecule has 3 N–H and O–H groups in total. The number of methoxy groups -OCH3 is 1. The van der Waals surface area contributed by atoms with Crippen LogP contribution in [0.3, 0.4) is 0 Å². The number of ether oxygens (including phenoxy) is 1. The minimum Gasteiger partial charge on any atom is -0.496 e. The number of rotatable bonds is 4. The van der Waals surface area contributed by atoms with Gasteiger partial charge in [0, 0.05) is 12.6 Å². The summed E-state index contributed by atoms with van der Waals surface area (Å²) >= 11 is 3.38. The molecule has 0 bridgehead atoms. The molecule has 0 heterocycles. The van der Waals surface area contributed by atoms with E-state index in [2.05, 4.69) is 15.9 Å². The number of benzene rings is 1. The Morgan fingerprint density at radius 3 is 2.67 bits per heavy atom. The molecule has 0 amide bonds. The predicted molar refractivity (Wildman–Crippen MR) is 66.6 cm³/mol. The summed E-state index contributed by atoms with van der Waals surface area (Å²) in [7, 11) is 1.62. The summed E-state index contributed by atoms with van der Waals surface area (Å²) in [5.74, 6) is 0.782. The van der Waals surface area contributed by atoms with Gasteiger partial charge >= 0.3 is 0 Å². The lowest BCUT2D eigenvalue weighted by molar-refractivity contribution is 0.276. The Labute approximate surface area is 104 Å². The van der Waals surface area contributed by atoms with Crippen LogP contribution in [0.25, 0.3) is 0 Å². The molecule has 1 rings (SSSR count).